The van der Waals surface area contributed by atoms with Crippen LogP contribution in [0.2, 0.25) is 0 Å². The van der Waals surface area contributed by atoms with Gasteiger partial charge < -0.3 is 10.4 Å². The van der Waals surface area contributed by atoms with Gasteiger partial charge in [0.1, 0.15) is 16.3 Å². The molecule has 0 aliphatic carbocycles. The summed E-state index contributed by atoms with van der Waals surface area (Å²) in [7, 11) is 0. The predicted octanol–water partition coefficient (Wildman–Crippen LogP) is 2.25. The van der Waals surface area contributed by atoms with E-state index in [-0.39, 0.29) is 12.3 Å². The van der Waals surface area contributed by atoms with E-state index in [9.17, 15) is 14.7 Å². The highest BCUT2D eigenvalue weighted by Crippen LogP contribution is 2.34. The Morgan fingerprint density at radius 1 is 1.24 bits per heavy atom. The van der Waals surface area contributed by atoms with Gasteiger partial charge in [-0.1, -0.05) is 6.07 Å². The minimum atomic E-state index is -0.493. The van der Waals surface area contributed by atoms with Crippen LogP contribution in [0.25, 0.3) is 20.9 Å². The maximum Gasteiger partial charge on any atom is 0.275 e. The second-order valence-corrected chi connectivity index (χ2v) is 7.19. The van der Waals surface area contributed by atoms with Crippen molar-refractivity contribution in [2.75, 3.05) is 5.32 Å². The average molecular weight is 372 g/mol. The molecule has 3 aromatic rings. The van der Waals surface area contributed by atoms with Crippen LogP contribution in [0, 0.1) is 0 Å². The number of hydrogen-bond acceptors (Lipinski definition) is 8. The highest BCUT2D eigenvalue weighted by atomic mass is 32.1. The van der Waals surface area contributed by atoms with E-state index in [0.29, 0.717) is 33.0 Å². The Morgan fingerprint density at radius 3 is 2.72 bits per heavy atom. The summed E-state index contributed by atoms with van der Waals surface area (Å²) in [6.45, 7) is 1.40. The van der Waals surface area contributed by atoms with E-state index in [4.69, 9.17) is 0 Å². The van der Waals surface area contributed by atoms with E-state index in [1.807, 2.05) is 22.9 Å². The van der Waals surface area contributed by atoms with Crippen LogP contribution in [0.3, 0.4) is 0 Å². The molecule has 1 aliphatic heterocycles. The summed E-state index contributed by atoms with van der Waals surface area (Å²) in [5.74, 6) is 0.00826. The highest BCUT2D eigenvalue weighted by molar-refractivity contribution is 7.17. The van der Waals surface area contributed by atoms with Gasteiger partial charge in [-0.05, 0) is 23.8 Å². The number of aromatic nitrogens is 2. The second kappa shape index (κ2) is 6.03. The zero-order valence-corrected chi connectivity index (χ0v) is 14.6. The Kier molecular flexibility index (Phi) is 3.83. The van der Waals surface area contributed by atoms with Crippen molar-refractivity contribution < 1.29 is 14.7 Å². The van der Waals surface area contributed by atoms with Crippen LogP contribution in [0.4, 0.5) is 5.82 Å². The summed E-state index contributed by atoms with van der Waals surface area (Å²) < 4.78 is 0. The second-order valence-electron chi connectivity index (χ2n) is 5.38. The number of aliphatic hydroxyl groups is 1. The number of nitrogens with zero attached hydrogens (tertiary/aromatic N) is 2. The number of anilines is 1. The first-order valence-electron chi connectivity index (χ1n) is 7.35. The number of rotatable bonds is 4. The SMILES string of the molecule is CC1=C(Nc2nc(-c3cccs3)nc3scc(CO)c23)C(=O)NC1=O. The van der Waals surface area contributed by atoms with Crippen LogP contribution in [0.1, 0.15) is 12.5 Å². The summed E-state index contributed by atoms with van der Waals surface area (Å²) in [6.07, 6.45) is 0. The Morgan fingerprint density at radius 2 is 2.08 bits per heavy atom. The topological polar surface area (TPSA) is 104 Å². The largest absolute Gasteiger partial charge is 0.392 e. The summed E-state index contributed by atoms with van der Waals surface area (Å²) in [5.41, 5.74) is 1.13. The fourth-order valence-electron chi connectivity index (χ4n) is 2.54. The molecule has 0 bridgehead atoms. The summed E-state index contributed by atoms with van der Waals surface area (Å²) in [6, 6.07) is 3.82. The molecule has 2 amide bonds. The van der Waals surface area contributed by atoms with Gasteiger partial charge in [-0.2, -0.15) is 0 Å². The molecule has 0 saturated carbocycles. The van der Waals surface area contributed by atoms with E-state index in [1.165, 1.54) is 22.7 Å². The van der Waals surface area contributed by atoms with Crippen LogP contribution >= 0.6 is 22.7 Å². The minimum Gasteiger partial charge on any atom is -0.392 e. The zero-order valence-electron chi connectivity index (χ0n) is 13.0. The van der Waals surface area contributed by atoms with E-state index in [0.717, 1.165) is 4.88 Å². The molecule has 25 heavy (non-hydrogen) atoms. The van der Waals surface area contributed by atoms with Crippen LogP contribution in [0.15, 0.2) is 34.2 Å². The Hall–Kier alpha value is -2.62. The number of amides is 2. The van der Waals surface area contributed by atoms with Gasteiger partial charge in [-0.3, -0.25) is 14.9 Å². The van der Waals surface area contributed by atoms with Gasteiger partial charge in [-0.15, -0.1) is 22.7 Å². The van der Waals surface area contributed by atoms with Gasteiger partial charge in [0.2, 0.25) is 0 Å². The first-order chi connectivity index (χ1) is 12.1. The van der Waals surface area contributed by atoms with E-state index in [2.05, 4.69) is 20.6 Å². The molecule has 0 unspecified atom stereocenters. The molecule has 0 atom stereocenters. The fourth-order valence-corrected chi connectivity index (χ4v) is 4.12. The molecule has 126 valence electrons. The number of fused-ring (bicyclic) bond motifs is 1. The van der Waals surface area contributed by atoms with Crippen LogP contribution in [-0.2, 0) is 16.2 Å². The molecule has 0 fully saturated rings. The molecule has 4 heterocycles. The number of thiophene rings is 2. The summed E-state index contributed by atoms with van der Waals surface area (Å²) >= 11 is 2.90. The lowest BCUT2D eigenvalue weighted by Crippen LogP contribution is -2.24. The van der Waals surface area contributed by atoms with Crippen molar-refractivity contribution in [3.63, 3.8) is 0 Å². The van der Waals surface area contributed by atoms with Gasteiger partial charge in [0.05, 0.1) is 16.9 Å². The maximum absolute atomic E-state index is 12.0. The van der Waals surface area contributed by atoms with Crippen molar-refractivity contribution in [3.8, 4) is 10.7 Å². The van der Waals surface area contributed by atoms with Crippen LogP contribution in [0.5, 0.6) is 0 Å². The number of aliphatic hydroxyl groups excluding tert-OH is 1. The minimum absolute atomic E-state index is 0.164. The van der Waals surface area contributed by atoms with Gasteiger partial charge in [0.15, 0.2) is 5.82 Å². The maximum atomic E-state index is 12.0. The molecule has 7 nitrogen and oxygen atoms in total. The predicted molar refractivity (Wildman–Crippen MR) is 96.1 cm³/mol. The quantitative estimate of drug-likeness (QED) is 0.607. The molecule has 0 aromatic carbocycles. The standard InChI is InChI=1S/C16H12N4O3S2/c1-7-11(15(23)20-14(7)22)17-13-10-8(5-21)6-25-16(10)19-12(18-13)9-3-2-4-24-9/h2-4,6,21H,5H2,1H3,(H2,17,18,19,20,22,23). The number of imide groups is 1. The van der Waals surface area contributed by atoms with E-state index >= 15 is 0 Å². The highest BCUT2D eigenvalue weighted by Gasteiger charge is 2.28. The van der Waals surface area contributed by atoms with Crippen molar-refractivity contribution >= 4 is 50.5 Å². The molecule has 0 radical (unpaired) electrons. The van der Waals surface area contributed by atoms with Gasteiger partial charge >= 0.3 is 0 Å². The third kappa shape index (κ3) is 2.62. The van der Waals surface area contributed by atoms with Crippen molar-refractivity contribution in [2.45, 2.75) is 13.5 Å². The molecule has 0 saturated heterocycles. The van der Waals surface area contributed by atoms with Crippen molar-refractivity contribution in [2.24, 2.45) is 0 Å². The fraction of sp³-hybridized carbons (Fsp3) is 0.125. The van der Waals surface area contributed by atoms with E-state index in [1.54, 1.807) is 6.92 Å². The zero-order chi connectivity index (χ0) is 17.6. The number of carbonyl (C=O) groups is 2. The Bertz CT molecular complexity index is 1040. The number of hydrogen-bond donors (Lipinski definition) is 3. The van der Waals surface area contributed by atoms with Crippen molar-refractivity contribution in [3.05, 3.63) is 39.7 Å². The Balaban J connectivity index is 1.90. The third-order valence-electron chi connectivity index (χ3n) is 3.83. The van der Waals surface area contributed by atoms with Gasteiger partial charge in [0.25, 0.3) is 11.8 Å². The lowest BCUT2D eigenvalue weighted by Gasteiger charge is -2.09. The molecule has 4 rings (SSSR count). The molecule has 0 spiro atoms. The summed E-state index contributed by atoms with van der Waals surface area (Å²) in [4.78, 5) is 34.4. The molecule has 1 aliphatic rings. The number of carbonyl (C=O) groups excluding carboxylic acids is 2. The lowest BCUT2D eigenvalue weighted by molar-refractivity contribution is -0.124. The van der Waals surface area contributed by atoms with Crippen LogP contribution in [-0.4, -0.2) is 26.9 Å². The normalized spacial score (nSPS) is 14.5. The van der Waals surface area contributed by atoms with Crippen molar-refractivity contribution in [1.82, 2.24) is 15.3 Å². The van der Waals surface area contributed by atoms with Gasteiger partial charge in [-0.25, -0.2) is 9.97 Å². The first kappa shape index (κ1) is 15.9. The molecule has 9 heteroatoms. The third-order valence-corrected chi connectivity index (χ3v) is 5.62. The monoisotopic (exact) mass is 372 g/mol. The van der Waals surface area contributed by atoms with Crippen molar-refractivity contribution in [1.29, 1.82) is 0 Å². The smallest absolute Gasteiger partial charge is 0.275 e. The molecular formula is C16H12N4O3S2. The summed E-state index contributed by atoms with van der Waals surface area (Å²) in [5, 5.41) is 19.2. The van der Waals surface area contributed by atoms with Gasteiger partial charge in [0, 0.05) is 11.1 Å². The first-order valence-corrected chi connectivity index (χ1v) is 9.11. The molecule has 3 N–H and O–H groups in total. The van der Waals surface area contributed by atoms with E-state index < -0.39 is 11.8 Å². The Labute approximate surface area is 150 Å². The van der Waals surface area contributed by atoms with Crippen LogP contribution < -0.4 is 10.6 Å². The lowest BCUT2D eigenvalue weighted by atomic mass is 10.2. The average Bonchev–Trinajstić information content (AvgIpc) is 3.31. The number of nitrogens with one attached hydrogen (secondary N) is 2. The molecule has 3 aromatic heterocycles. The molecular weight excluding hydrogens is 360 g/mol.